The van der Waals surface area contributed by atoms with E-state index in [1.54, 1.807) is 0 Å². The van der Waals surface area contributed by atoms with E-state index >= 15 is 0 Å². The second-order valence-electron chi connectivity index (χ2n) is 11.6. The average Bonchev–Trinajstić information content (AvgIpc) is 2.97. The van der Waals surface area contributed by atoms with Crippen LogP contribution in [0.4, 0.5) is 0 Å². The Kier molecular flexibility index (Phi) is 22.6. The Morgan fingerprint density at radius 3 is 2.00 bits per heavy atom. The van der Waals surface area contributed by atoms with Gasteiger partial charge in [-0.2, -0.15) is 0 Å². The van der Waals surface area contributed by atoms with Crippen molar-refractivity contribution in [2.24, 2.45) is 0 Å². The third kappa shape index (κ3) is 17.0. The van der Waals surface area contributed by atoms with Crippen molar-refractivity contribution in [3.63, 3.8) is 0 Å². The summed E-state index contributed by atoms with van der Waals surface area (Å²) >= 11 is 0. The molecule has 1 aliphatic rings. The van der Waals surface area contributed by atoms with Crippen molar-refractivity contribution in [2.45, 2.75) is 172 Å². The lowest BCUT2D eigenvalue weighted by molar-refractivity contribution is -0.302. The molecule has 1 saturated heterocycles. The molecular formula is C32H61NO8. The predicted molar refractivity (Wildman–Crippen MR) is 161 cm³/mol. The standard InChI is InChI=1S/C32H61NO8/c1-3-5-7-9-10-11-12-13-14-15-16-18-20-22-28(36)33-25(26(35)21-19-17-8-6-4-2)24-40-32-31(39)30(38)29(37)27(23-34)41-32/h11-12,25-27,29-32,34-35,37-39H,3-10,13-24H2,1-2H3,(H,33,36)/b12-11-. The number of aliphatic hydroxyl groups excluding tert-OH is 5. The number of rotatable bonds is 25. The summed E-state index contributed by atoms with van der Waals surface area (Å²) in [6, 6.07) is -0.713. The fourth-order valence-electron chi connectivity index (χ4n) is 5.09. The van der Waals surface area contributed by atoms with Gasteiger partial charge < -0.3 is 40.3 Å². The van der Waals surface area contributed by atoms with Crippen LogP contribution in [0.15, 0.2) is 12.2 Å². The summed E-state index contributed by atoms with van der Waals surface area (Å²) < 4.78 is 11.1. The van der Waals surface area contributed by atoms with Crippen LogP contribution < -0.4 is 5.32 Å². The number of hydrogen-bond donors (Lipinski definition) is 6. The molecule has 0 aliphatic carbocycles. The van der Waals surface area contributed by atoms with Gasteiger partial charge in [-0.15, -0.1) is 0 Å². The van der Waals surface area contributed by atoms with Crippen molar-refractivity contribution in [3.8, 4) is 0 Å². The van der Waals surface area contributed by atoms with Crippen LogP contribution in [0.2, 0.25) is 0 Å². The first-order valence-electron chi connectivity index (χ1n) is 16.4. The first kappa shape index (κ1) is 38.0. The Hall–Kier alpha value is -1.07. The van der Waals surface area contributed by atoms with E-state index in [9.17, 15) is 30.3 Å². The number of carbonyl (C=O) groups is 1. The number of aliphatic hydroxyl groups is 5. The molecule has 1 amide bonds. The van der Waals surface area contributed by atoms with E-state index in [4.69, 9.17) is 9.47 Å². The van der Waals surface area contributed by atoms with Crippen LogP contribution >= 0.6 is 0 Å². The second-order valence-corrected chi connectivity index (χ2v) is 11.6. The van der Waals surface area contributed by atoms with E-state index < -0.39 is 49.5 Å². The molecule has 41 heavy (non-hydrogen) atoms. The molecule has 0 aromatic heterocycles. The van der Waals surface area contributed by atoms with Crippen molar-refractivity contribution >= 4 is 5.91 Å². The van der Waals surface area contributed by atoms with Gasteiger partial charge in [0.05, 0.1) is 25.4 Å². The van der Waals surface area contributed by atoms with Gasteiger partial charge in [-0.05, 0) is 38.5 Å². The monoisotopic (exact) mass is 587 g/mol. The number of hydrogen-bond acceptors (Lipinski definition) is 8. The van der Waals surface area contributed by atoms with E-state index in [-0.39, 0.29) is 12.5 Å². The van der Waals surface area contributed by atoms with Gasteiger partial charge in [-0.1, -0.05) is 96.6 Å². The lowest BCUT2D eigenvalue weighted by Gasteiger charge is -2.40. The highest BCUT2D eigenvalue weighted by Gasteiger charge is 2.44. The number of ether oxygens (including phenoxy) is 2. The number of amides is 1. The third-order valence-corrected chi connectivity index (χ3v) is 7.87. The fraction of sp³-hybridized carbons (Fsp3) is 0.906. The van der Waals surface area contributed by atoms with Gasteiger partial charge in [0.2, 0.25) is 5.91 Å². The highest BCUT2D eigenvalue weighted by molar-refractivity contribution is 5.76. The summed E-state index contributed by atoms with van der Waals surface area (Å²) in [5, 5.41) is 53.4. The maximum atomic E-state index is 12.7. The van der Waals surface area contributed by atoms with E-state index in [2.05, 4.69) is 31.3 Å². The van der Waals surface area contributed by atoms with Crippen LogP contribution in [0.25, 0.3) is 0 Å². The molecule has 0 radical (unpaired) electrons. The summed E-state index contributed by atoms with van der Waals surface area (Å²) in [6.45, 7) is 3.68. The maximum Gasteiger partial charge on any atom is 0.220 e. The van der Waals surface area contributed by atoms with Crippen molar-refractivity contribution in [3.05, 3.63) is 12.2 Å². The molecule has 9 heteroatoms. The molecule has 0 saturated carbocycles. The fourth-order valence-corrected chi connectivity index (χ4v) is 5.09. The van der Waals surface area contributed by atoms with Crippen molar-refractivity contribution in [1.29, 1.82) is 0 Å². The molecule has 7 unspecified atom stereocenters. The van der Waals surface area contributed by atoms with E-state index in [1.165, 1.54) is 38.5 Å². The number of carbonyl (C=O) groups excluding carboxylic acids is 1. The van der Waals surface area contributed by atoms with Crippen LogP contribution in [0, 0.1) is 0 Å². The summed E-state index contributed by atoms with van der Waals surface area (Å²) in [5.74, 6) is -0.163. The Morgan fingerprint density at radius 2 is 1.37 bits per heavy atom. The molecule has 7 atom stereocenters. The molecule has 6 N–H and O–H groups in total. The smallest absolute Gasteiger partial charge is 0.220 e. The molecule has 1 aliphatic heterocycles. The Balaban J connectivity index is 2.43. The van der Waals surface area contributed by atoms with Gasteiger partial charge in [0.25, 0.3) is 0 Å². The highest BCUT2D eigenvalue weighted by atomic mass is 16.7. The van der Waals surface area contributed by atoms with Crippen LogP contribution in [-0.4, -0.2) is 87.5 Å². The minimum Gasteiger partial charge on any atom is -0.394 e. The van der Waals surface area contributed by atoms with E-state index in [1.807, 2.05) is 0 Å². The molecule has 1 rings (SSSR count). The zero-order chi connectivity index (χ0) is 30.3. The highest BCUT2D eigenvalue weighted by Crippen LogP contribution is 2.22. The van der Waals surface area contributed by atoms with E-state index in [0.717, 1.165) is 64.2 Å². The quantitative estimate of drug-likeness (QED) is 0.0685. The minimum absolute atomic E-state index is 0.142. The summed E-state index contributed by atoms with van der Waals surface area (Å²) in [4.78, 5) is 12.7. The molecule has 0 aromatic carbocycles. The molecule has 9 nitrogen and oxygen atoms in total. The van der Waals surface area contributed by atoms with Gasteiger partial charge in [0.15, 0.2) is 6.29 Å². The molecule has 1 heterocycles. The molecule has 242 valence electrons. The zero-order valence-corrected chi connectivity index (χ0v) is 25.8. The third-order valence-electron chi connectivity index (χ3n) is 7.87. The molecule has 1 fully saturated rings. The van der Waals surface area contributed by atoms with Gasteiger partial charge in [-0.3, -0.25) is 4.79 Å². The molecule has 0 spiro atoms. The van der Waals surface area contributed by atoms with Crippen molar-refractivity contribution in [2.75, 3.05) is 13.2 Å². The van der Waals surface area contributed by atoms with Gasteiger partial charge in [0, 0.05) is 6.42 Å². The zero-order valence-electron chi connectivity index (χ0n) is 25.8. The Morgan fingerprint density at radius 1 is 0.805 bits per heavy atom. The van der Waals surface area contributed by atoms with Crippen LogP contribution in [0.1, 0.15) is 129 Å². The minimum atomic E-state index is -1.55. The summed E-state index contributed by atoms with van der Waals surface area (Å²) in [7, 11) is 0. The first-order valence-corrected chi connectivity index (χ1v) is 16.4. The topological polar surface area (TPSA) is 149 Å². The van der Waals surface area contributed by atoms with E-state index in [0.29, 0.717) is 12.8 Å². The average molecular weight is 588 g/mol. The normalized spacial score (nSPS) is 24.5. The molecular weight excluding hydrogens is 526 g/mol. The van der Waals surface area contributed by atoms with Crippen LogP contribution in [0.5, 0.6) is 0 Å². The van der Waals surface area contributed by atoms with Gasteiger partial charge in [-0.25, -0.2) is 0 Å². The van der Waals surface area contributed by atoms with Gasteiger partial charge >= 0.3 is 0 Å². The van der Waals surface area contributed by atoms with Crippen LogP contribution in [0.3, 0.4) is 0 Å². The molecule has 0 bridgehead atoms. The number of unbranched alkanes of at least 4 members (excludes halogenated alkanes) is 13. The lowest BCUT2D eigenvalue weighted by Crippen LogP contribution is -2.60. The number of allylic oxidation sites excluding steroid dienone is 2. The SMILES string of the molecule is CCCCCC/C=C\CCCCCCCC(=O)NC(COC1OC(CO)C(O)C(O)C1O)C(O)CCCCCCC. The number of nitrogens with one attached hydrogen (secondary N) is 1. The largest absolute Gasteiger partial charge is 0.394 e. The lowest BCUT2D eigenvalue weighted by atomic mass is 9.99. The van der Waals surface area contributed by atoms with Gasteiger partial charge in [0.1, 0.15) is 24.4 Å². The first-order chi connectivity index (χ1) is 19.8. The Labute approximate surface area is 248 Å². The van der Waals surface area contributed by atoms with Crippen molar-refractivity contribution < 1.29 is 39.8 Å². The predicted octanol–water partition coefficient (Wildman–Crippen LogP) is 4.27. The maximum absolute atomic E-state index is 12.7. The summed E-state index contributed by atoms with van der Waals surface area (Å²) in [5.41, 5.74) is 0. The van der Waals surface area contributed by atoms with Crippen LogP contribution in [-0.2, 0) is 14.3 Å². The summed E-state index contributed by atoms with van der Waals surface area (Å²) in [6.07, 6.45) is 15.5. The van der Waals surface area contributed by atoms with Crippen molar-refractivity contribution in [1.82, 2.24) is 5.32 Å². The Bertz CT molecular complexity index is 662. The second kappa shape index (κ2) is 24.4. The molecule has 0 aromatic rings.